The number of hydrogen-bond donors (Lipinski definition) is 0. The van der Waals surface area contributed by atoms with Gasteiger partial charge >= 0.3 is 0 Å². The Labute approximate surface area is 144 Å². The Morgan fingerprint density at radius 1 is 1.29 bits per heavy atom. The van der Waals surface area contributed by atoms with Gasteiger partial charge in [-0.2, -0.15) is 0 Å². The molecule has 1 aliphatic heterocycles. The van der Waals surface area contributed by atoms with Gasteiger partial charge in [0.15, 0.2) is 0 Å². The molecule has 0 fully saturated rings. The van der Waals surface area contributed by atoms with Crippen molar-refractivity contribution in [3.63, 3.8) is 0 Å². The molecule has 0 saturated heterocycles. The molecule has 0 spiro atoms. The SMILES string of the molecule is COc1cc([C@@H]2SC(C[C@@H](C)c3ccc(F)cc3)=NC2=O)ccn1. The van der Waals surface area contributed by atoms with Crippen LogP contribution in [0.1, 0.15) is 35.6 Å². The second-order valence-electron chi connectivity index (χ2n) is 5.63. The fourth-order valence-electron chi connectivity index (χ4n) is 2.57. The summed E-state index contributed by atoms with van der Waals surface area (Å²) in [5, 5.41) is 0.454. The Kier molecular flexibility index (Phi) is 4.94. The van der Waals surface area contributed by atoms with Crippen molar-refractivity contribution in [2.24, 2.45) is 4.99 Å². The molecule has 0 radical (unpaired) electrons. The topological polar surface area (TPSA) is 51.5 Å². The van der Waals surface area contributed by atoms with Crippen LogP contribution in [0.5, 0.6) is 5.88 Å². The van der Waals surface area contributed by atoms with Crippen LogP contribution in [0.2, 0.25) is 0 Å². The maximum atomic E-state index is 13.0. The van der Waals surface area contributed by atoms with Gasteiger partial charge in [-0.05, 0) is 35.2 Å². The van der Waals surface area contributed by atoms with Gasteiger partial charge in [0, 0.05) is 18.7 Å². The van der Waals surface area contributed by atoms with Gasteiger partial charge < -0.3 is 4.74 Å². The van der Waals surface area contributed by atoms with Crippen LogP contribution >= 0.6 is 11.8 Å². The van der Waals surface area contributed by atoms with Crippen LogP contribution in [-0.4, -0.2) is 23.0 Å². The van der Waals surface area contributed by atoms with Crippen LogP contribution in [0, 0.1) is 5.82 Å². The van der Waals surface area contributed by atoms with Gasteiger partial charge in [0.2, 0.25) is 5.88 Å². The summed E-state index contributed by atoms with van der Waals surface area (Å²) in [6, 6.07) is 10.0. The van der Waals surface area contributed by atoms with Gasteiger partial charge in [-0.15, -0.1) is 0 Å². The number of amides is 1. The zero-order valence-corrected chi connectivity index (χ0v) is 14.2. The summed E-state index contributed by atoms with van der Waals surface area (Å²) in [7, 11) is 1.54. The van der Waals surface area contributed by atoms with E-state index in [0.717, 1.165) is 16.2 Å². The lowest BCUT2D eigenvalue weighted by Crippen LogP contribution is -2.02. The zero-order valence-electron chi connectivity index (χ0n) is 13.4. The van der Waals surface area contributed by atoms with E-state index >= 15 is 0 Å². The van der Waals surface area contributed by atoms with Crippen LogP contribution in [0.3, 0.4) is 0 Å². The molecule has 0 bridgehead atoms. The standard InChI is InChI=1S/C18H17FN2O2S/c1-11(12-3-5-14(19)6-4-12)9-16-21-18(22)17(24-16)13-7-8-20-15(10-13)23-2/h3-8,10-11,17H,9H2,1-2H3/t11-,17+/m1/s1. The van der Waals surface area contributed by atoms with Gasteiger partial charge in [0.25, 0.3) is 5.91 Å². The van der Waals surface area contributed by atoms with Gasteiger partial charge in [-0.1, -0.05) is 30.8 Å². The second kappa shape index (κ2) is 7.13. The van der Waals surface area contributed by atoms with E-state index < -0.39 is 0 Å². The third-order valence-corrected chi connectivity index (χ3v) is 5.14. The molecular formula is C18H17FN2O2S. The van der Waals surface area contributed by atoms with Crippen LogP contribution in [-0.2, 0) is 4.79 Å². The molecular weight excluding hydrogens is 327 g/mol. The van der Waals surface area contributed by atoms with Crippen molar-refractivity contribution in [3.8, 4) is 5.88 Å². The first-order valence-corrected chi connectivity index (χ1v) is 8.48. The van der Waals surface area contributed by atoms with E-state index in [9.17, 15) is 9.18 Å². The average Bonchev–Trinajstić information content (AvgIpc) is 2.95. The van der Waals surface area contributed by atoms with Gasteiger partial charge in [0.1, 0.15) is 11.1 Å². The summed E-state index contributed by atoms with van der Waals surface area (Å²) in [6.45, 7) is 2.05. The van der Waals surface area contributed by atoms with E-state index in [2.05, 4.69) is 9.98 Å². The van der Waals surface area contributed by atoms with Crippen molar-refractivity contribution >= 4 is 22.7 Å². The number of carbonyl (C=O) groups excluding carboxylic acids is 1. The summed E-state index contributed by atoms with van der Waals surface area (Å²) >= 11 is 1.46. The van der Waals surface area contributed by atoms with Crippen LogP contribution in [0.25, 0.3) is 0 Å². The van der Waals surface area contributed by atoms with E-state index in [1.807, 2.05) is 6.92 Å². The number of aliphatic imine (C=N–C) groups is 1. The molecule has 0 aliphatic carbocycles. The molecule has 0 saturated carbocycles. The summed E-state index contributed by atoms with van der Waals surface area (Å²) in [5.41, 5.74) is 1.87. The highest BCUT2D eigenvalue weighted by Gasteiger charge is 2.30. The Balaban J connectivity index is 1.69. The quantitative estimate of drug-likeness (QED) is 0.818. The predicted octanol–water partition coefficient (Wildman–Crippen LogP) is 4.14. The van der Waals surface area contributed by atoms with E-state index in [1.54, 1.807) is 37.6 Å². The summed E-state index contributed by atoms with van der Waals surface area (Å²) in [4.78, 5) is 20.5. The lowest BCUT2D eigenvalue weighted by molar-refractivity contribution is -0.117. The zero-order chi connectivity index (χ0) is 17.1. The second-order valence-corrected chi connectivity index (χ2v) is 6.81. The van der Waals surface area contributed by atoms with Crippen molar-refractivity contribution < 1.29 is 13.9 Å². The van der Waals surface area contributed by atoms with Crippen molar-refractivity contribution in [1.82, 2.24) is 4.98 Å². The molecule has 1 amide bonds. The van der Waals surface area contributed by atoms with Gasteiger partial charge in [0.05, 0.1) is 12.2 Å². The number of halogens is 1. The number of pyridine rings is 1. The number of rotatable bonds is 5. The first kappa shape index (κ1) is 16.6. The third kappa shape index (κ3) is 3.64. The number of aromatic nitrogens is 1. The highest BCUT2D eigenvalue weighted by Crippen LogP contribution is 2.39. The highest BCUT2D eigenvalue weighted by atomic mass is 32.2. The van der Waals surface area contributed by atoms with E-state index in [4.69, 9.17) is 4.74 Å². The molecule has 1 aromatic carbocycles. The van der Waals surface area contributed by atoms with Crippen molar-refractivity contribution in [3.05, 3.63) is 59.5 Å². The molecule has 1 aromatic heterocycles. The van der Waals surface area contributed by atoms with E-state index in [-0.39, 0.29) is 22.9 Å². The lowest BCUT2D eigenvalue weighted by atomic mass is 9.98. The molecule has 2 atom stereocenters. The third-order valence-electron chi connectivity index (χ3n) is 3.90. The Morgan fingerprint density at radius 2 is 2.04 bits per heavy atom. The van der Waals surface area contributed by atoms with E-state index in [0.29, 0.717) is 12.3 Å². The lowest BCUT2D eigenvalue weighted by Gasteiger charge is -2.12. The minimum absolute atomic E-state index is 0.158. The fourth-order valence-corrected chi connectivity index (χ4v) is 3.77. The first-order chi connectivity index (χ1) is 11.6. The normalized spacial score (nSPS) is 18.4. The number of methoxy groups -OCH3 is 1. The molecule has 1 aliphatic rings. The first-order valence-electron chi connectivity index (χ1n) is 7.60. The predicted molar refractivity (Wildman–Crippen MR) is 93.0 cm³/mol. The minimum atomic E-state index is -0.350. The monoisotopic (exact) mass is 344 g/mol. The molecule has 0 unspecified atom stereocenters. The Bertz CT molecular complexity index is 777. The average molecular weight is 344 g/mol. The number of nitrogens with zero attached hydrogens (tertiary/aromatic N) is 2. The van der Waals surface area contributed by atoms with Gasteiger partial charge in [-0.3, -0.25) is 4.79 Å². The van der Waals surface area contributed by atoms with E-state index in [1.165, 1.54) is 23.9 Å². The largest absolute Gasteiger partial charge is 0.481 e. The summed E-state index contributed by atoms with van der Waals surface area (Å²) in [5.74, 6) is 0.236. The smallest absolute Gasteiger partial charge is 0.264 e. The van der Waals surface area contributed by atoms with Gasteiger partial charge in [-0.25, -0.2) is 14.4 Å². The molecule has 0 N–H and O–H groups in total. The fraction of sp³-hybridized carbons (Fsp3) is 0.278. The van der Waals surface area contributed by atoms with Crippen LogP contribution < -0.4 is 4.74 Å². The maximum Gasteiger partial charge on any atom is 0.264 e. The molecule has 24 heavy (non-hydrogen) atoms. The van der Waals surface area contributed by atoms with Crippen molar-refractivity contribution in [1.29, 1.82) is 0 Å². The Hall–Kier alpha value is -2.21. The van der Waals surface area contributed by atoms with Crippen LogP contribution in [0.15, 0.2) is 47.6 Å². The molecule has 124 valence electrons. The molecule has 2 aromatic rings. The number of ether oxygens (including phenoxy) is 1. The molecule has 4 nitrogen and oxygen atoms in total. The molecule has 2 heterocycles. The summed E-state index contributed by atoms with van der Waals surface area (Å²) in [6.07, 6.45) is 2.28. The molecule has 6 heteroatoms. The number of thioether (sulfide) groups is 1. The summed E-state index contributed by atoms with van der Waals surface area (Å²) < 4.78 is 18.1. The number of carbonyl (C=O) groups is 1. The number of benzene rings is 1. The van der Waals surface area contributed by atoms with Crippen molar-refractivity contribution in [2.45, 2.75) is 24.5 Å². The van der Waals surface area contributed by atoms with Crippen LogP contribution in [0.4, 0.5) is 4.39 Å². The maximum absolute atomic E-state index is 13.0. The van der Waals surface area contributed by atoms with Crippen molar-refractivity contribution in [2.75, 3.05) is 7.11 Å². The minimum Gasteiger partial charge on any atom is -0.481 e. The molecule has 3 rings (SSSR count). The Morgan fingerprint density at radius 3 is 2.75 bits per heavy atom. The highest BCUT2D eigenvalue weighted by molar-refractivity contribution is 8.15. The number of hydrogen-bond acceptors (Lipinski definition) is 4.